The minimum Gasteiger partial charge on any atom is -0.455 e. The van der Waals surface area contributed by atoms with Crippen LogP contribution < -0.4 is 5.32 Å². The molecule has 2 saturated carbocycles. The fourth-order valence-electron chi connectivity index (χ4n) is 3.88. The number of carbonyl (C=O) groups excluding carboxylic acids is 4. The van der Waals surface area contributed by atoms with Gasteiger partial charge in [0.1, 0.15) is 10.1 Å². The molecule has 0 spiro atoms. The molecule has 2 bridgehead atoms. The molecule has 0 aromatic carbocycles. The smallest absolute Gasteiger partial charge is 0.309 e. The van der Waals surface area contributed by atoms with Gasteiger partial charge in [-0.3, -0.25) is 24.1 Å². The maximum atomic E-state index is 12.2. The Labute approximate surface area is 161 Å². The van der Waals surface area contributed by atoms with E-state index in [4.69, 9.17) is 17.0 Å². The molecule has 1 unspecified atom stereocenters. The second-order valence-corrected chi connectivity index (χ2v) is 8.56. The van der Waals surface area contributed by atoms with Crippen molar-refractivity contribution in [2.75, 3.05) is 25.4 Å². The van der Waals surface area contributed by atoms with Gasteiger partial charge in [0.25, 0.3) is 5.91 Å². The molecule has 7 nitrogen and oxygen atoms in total. The summed E-state index contributed by atoms with van der Waals surface area (Å²) in [6.45, 7) is 0.231. The predicted molar refractivity (Wildman–Crippen MR) is 99.3 cm³/mol. The van der Waals surface area contributed by atoms with E-state index in [1.165, 1.54) is 16.7 Å². The lowest BCUT2D eigenvalue weighted by Gasteiger charge is -2.36. The molecule has 0 radical (unpaired) electrons. The Balaban J connectivity index is 1.36. The van der Waals surface area contributed by atoms with Crippen molar-refractivity contribution in [3.05, 3.63) is 0 Å². The lowest BCUT2D eigenvalue weighted by atomic mass is 9.67. The summed E-state index contributed by atoms with van der Waals surface area (Å²) in [6.07, 6.45) is 3.85. The Bertz CT molecular complexity index is 607. The number of nitrogens with zero attached hydrogens (tertiary/aromatic N) is 1. The first-order chi connectivity index (χ1) is 12.5. The lowest BCUT2D eigenvalue weighted by Crippen LogP contribution is -2.41. The van der Waals surface area contributed by atoms with Crippen LogP contribution in [0, 0.1) is 17.8 Å². The fourth-order valence-corrected chi connectivity index (χ4v) is 5.00. The van der Waals surface area contributed by atoms with E-state index < -0.39 is 11.9 Å². The zero-order valence-electron chi connectivity index (χ0n) is 14.4. The number of ether oxygens (including phenoxy) is 1. The number of hydrogen-bond acceptors (Lipinski definition) is 7. The van der Waals surface area contributed by atoms with E-state index in [0.717, 1.165) is 19.3 Å². The van der Waals surface area contributed by atoms with Gasteiger partial charge < -0.3 is 10.1 Å². The predicted octanol–water partition coefficient (Wildman–Crippen LogP) is 0.902. The topological polar surface area (TPSA) is 92.8 Å². The van der Waals surface area contributed by atoms with Crippen molar-refractivity contribution < 1.29 is 23.9 Å². The summed E-state index contributed by atoms with van der Waals surface area (Å²) in [5.74, 6) is -0.540. The van der Waals surface area contributed by atoms with Crippen LogP contribution in [0.5, 0.6) is 0 Å². The molecule has 1 heterocycles. The van der Waals surface area contributed by atoms with Gasteiger partial charge in [-0.05, 0) is 25.7 Å². The molecule has 3 fully saturated rings. The minimum atomic E-state index is -0.407. The Morgan fingerprint density at radius 1 is 1.23 bits per heavy atom. The molecule has 3 rings (SSSR count). The summed E-state index contributed by atoms with van der Waals surface area (Å²) in [5.41, 5.74) is 0. The average Bonchev–Trinajstić information content (AvgIpc) is 2.91. The number of carbonyl (C=O) groups is 4. The molecule has 9 heteroatoms. The normalized spacial score (nSPS) is 28.2. The molecule has 26 heavy (non-hydrogen) atoms. The first-order valence-electron chi connectivity index (χ1n) is 8.90. The molecule has 3 aliphatic rings. The van der Waals surface area contributed by atoms with Crippen molar-refractivity contribution in [1.29, 1.82) is 0 Å². The summed E-state index contributed by atoms with van der Waals surface area (Å²) in [6, 6.07) is 0. The van der Waals surface area contributed by atoms with Crippen LogP contribution >= 0.6 is 24.0 Å². The van der Waals surface area contributed by atoms with E-state index in [0.29, 0.717) is 35.2 Å². The third-order valence-electron chi connectivity index (χ3n) is 5.22. The molecule has 2 amide bonds. The first-order valence-corrected chi connectivity index (χ1v) is 10.3. The number of ketones is 1. The highest BCUT2D eigenvalue weighted by atomic mass is 32.2. The van der Waals surface area contributed by atoms with Crippen LogP contribution in [0.15, 0.2) is 0 Å². The van der Waals surface area contributed by atoms with Crippen LogP contribution in [-0.4, -0.2) is 58.2 Å². The van der Waals surface area contributed by atoms with Crippen LogP contribution in [0.4, 0.5) is 0 Å². The summed E-state index contributed by atoms with van der Waals surface area (Å²) in [5, 5.41) is 2.62. The Kier molecular flexibility index (Phi) is 6.29. The number of rotatable bonds is 6. The average molecular weight is 399 g/mol. The van der Waals surface area contributed by atoms with Crippen LogP contribution in [0.25, 0.3) is 0 Å². The molecule has 1 saturated heterocycles. The van der Waals surface area contributed by atoms with Crippen LogP contribution in [0.1, 0.15) is 32.1 Å². The highest BCUT2D eigenvalue weighted by Crippen LogP contribution is 2.40. The third-order valence-corrected chi connectivity index (χ3v) is 6.66. The number of thiocarbonyl (C=S) groups is 1. The minimum absolute atomic E-state index is 0.0198. The molecular weight excluding hydrogens is 376 g/mol. The van der Waals surface area contributed by atoms with Gasteiger partial charge >= 0.3 is 5.97 Å². The molecule has 0 aromatic rings. The number of fused-ring (bicyclic) bond motifs is 2. The van der Waals surface area contributed by atoms with E-state index in [2.05, 4.69) is 5.32 Å². The van der Waals surface area contributed by atoms with Gasteiger partial charge in [-0.2, -0.15) is 0 Å². The molecule has 0 aromatic heterocycles. The van der Waals surface area contributed by atoms with Crippen molar-refractivity contribution in [3.8, 4) is 0 Å². The second kappa shape index (κ2) is 8.47. The summed E-state index contributed by atoms with van der Waals surface area (Å²) in [4.78, 5) is 49.1. The van der Waals surface area contributed by atoms with E-state index in [9.17, 15) is 19.2 Å². The highest BCUT2D eigenvalue weighted by molar-refractivity contribution is 8.23. The van der Waals surface area contributed by atoms with Gasteiger partial charge in [-0.25, -0.2) is 0 Å². The first kappa shape index (κ1) is 19.3. The van der Waals surface area contributed by atoms with Gasteiger partial charge in [-0.15, -0.1) is 0 Å². The lowest BCUT2D eigenvalue weighted by molar-refractivity contribution is -0.156. The van der Waals surface area contributed by atoms with Gasteiger partial charge in [0.2, 0.25) is 5.91 Å². The van der Waals surface area contributed by atoms with E-state index in [-0.39, 0.29) is 36.8 Å². The van der Waals surface area contributed by atoms with E-state index in [1.54, 1.807) is 0 Å². The number of amides is 2. The number of thioether (sulfide) groups is 1. The van der Waals surface area contributed by atoms with Crippen molar-refractivity contribution in [1.82, 2.24) is 10.2 Å². The zero-order valence-corrected chi connectivity index (χ0v) is 16.0. The molecule has 142 valence electrons. The number of nitrogens with one attached hydrogen (secondary N) is 1. The summed E-state index contributed by atoms with van der Waals surface area (Å²) < 4.78 is 5.66. The van der Waals surface area contributed by atoms with Crippen LogP contribution in [-0.2, 0) is 23.9 Å². The quantitative estimate of drug-likeness (QED) is 0.525. The largest absolute Gasteiger partial charge is 0.455 e. The van der Waals surface area contributed by atoms with Crippen LogP contribution in [0.2, 0.25) is 0 Å². The number of esters is 1. The van der Waals surface area contributed by atoms with Crippen molar-refractivity contribution in [3.63, 3.8) is 0 Å². The van der Waals surface area contributed by atoms with Crippen molar-refractivity contribution in [2.45, 2.75) is 32.1 Å². The second-order valence-electron chi connectivity index (χ2n) is 6.95. The molecule has 1 N–H and O–H groups in total. The van der Waals surface area contributed by atoms with Crippen molar-refractivity contribution >= 4 is 51.9 Å². The highest BCUT2D eigenvalue weighted by Gasteiger charge is 2.41. The van der Waals surface area contributed by atoms with Crippen LogP contribution in [0.3, 0.4) is 0 Å². The van der Waals surface area contributed by atoms with Gasteiger partial charge in [0, 0.05) is 24.9 Å². The Morgan fingerprint density at radius 3 is 2.54 bits per heavy atom. The zero-order chi connectivity index (χ0) is 18.7. The summed E-state index contributed by atoms with van der Waals surface area (Å²) in [7, 11) is 0. The number of Topliss-reactive ketones (excluding diaryl/α,β-unsaturated/α-hetero) is 1. The Morgan fingerprint density at radius 2 is 1.92 bits per heavy atom. The SMILES string of the molecule is O=C(COC(=O)C1C[C@H]2CCC[C@@H](C1)C2=O)NCCN1C(=O)CSC1=S. The molecule has 3 atom stereocenters. The third kappa shape index (κ3) is 4.43. The van der Waals surface area contributed by atoms with Gasteiger partial charge in [0.15, 0.2) is 6.61 Å². The number of hydrogen-bond donors (Lipinski definition) is 1. The fraction of sp³-hybridized carbons (Fsp3) is 0.706. The molecular formula is C17H22N2O5S2. The van der Waals surface area contributed by atoms with Crippen molar-refractivity contribution in [2.24, 2.45) is 17.8 Å². The molecule has 2 aliphatic carbocycles. The standard InChI is InChI=1S/C17H22N2O5S2/c20-13(18-4-5-19-14(21)9-26-17(19)25)8-24-16(23)12-6-10-2-1-3-11(7-12)15(10)22/h10-12H,1-9H2,(H,18,20)/t10-,11+,12?. The monoisotopic (exact) mass is 398 g/mol. The molecule has 1 aliphatic heterocycles. The maximum absolute atomic E-state index is 12.2. The maximum Gasteiger partial charge on any atom is 0.309 e. The Hall–Kier alpha value is -1.48. The van der Waals surface area contributed by atoms with Gasteiger partial charge in [-0.1, -0.05) is 30.4 Å². The van der Waals surface area contributed by atoms with Gasteiger partial charge in [0.05, 0.1) is 11.7 Å². The van der Waals surface area contributed by atoms with E-state index >= 15 is 0 Å². The summed E-state index contributed by atoms with van der Waals surface area (Å²) >= 11 is 6.37. The van der Waals surface area contributed by atoms with E-state index in [1.807, 2.05) is 0 Å².